The third kappa shape index (κ3) is 4.41. The van der Waals surface area contributed by atoms with Crippen molar-refractivity contribution in [3.63, 3.8) is 0 Å². The van der Waals surface area contributed by atoms with E-state index in [1.54, 1.807) is 26.0 Å². The van der Waals surface area contributed by atoms with E-state index >= 15 is 0 Å². The average Bonchev–Trinajstić information content (AvgIpc) is 3.53. The predicted octanol–water partition coefficient (Wildman–Crippen LogP) is 3.96. The second-order valence-corrected chi connectivity index (χ2v) is 10.7. The van der Waals surface area contributed by atoms with Gasteiger partial charge < -0.3 is 10.2 Å². The molecule has 1 aromatic heterocycles. The Hall–Kier alpha value is -3.66. The maximum atomic E-state index is 13.9. The maximum absolute atomic E-state index is 13.9. The van der Waals surface area contributed by atoms with Crippen LogP contribution in [0.15, 0.2) is 41.4 Å². The lowest BCUT2D eigenvalue weighted by molar-refractivity contribution is -0.135. The van der Waals surface area contributed by atoms with Gasteiger partial charge in [-0.3, -0.25) is 9.10 Å². The molecule has 184 valence electrons. The van der Waals surface area contributed by atoms with Gasteiger partial charge in [0.2, 0.25) is 0 Å². The molecule has 1 fully saturated rings. The largest absolute Gasteiger partial charge is 0.480 e. The van der Waals surface area contributed by atoms with Crippen molar-refractivity contribution in [1.29, 1.82) is 0 Å². The molecule has 1 heterocycles. The van der Waals surface area contributed by atoms with Crippen LogP contribution in [-0.4, -0.2) is 46.9 Å². The highest BCUT2D eigenvalue weighted by Gasteiger charge is 2.34. The van der Waals surface area contributed by atoms with Crippen molar-refractivity contribution < 1.29 is 28.2 Å². The molecule has 4 rings (SSSR count). The maximum Gasteiger partial charge on any atom is 0.339 e. The highest BCUT2D eigenvalue weighted by molar-refractivity contribution is 7.93. The number of carboxylic acids is 2. The molecule has 0 unspecified atom stereocenters. The van der Waals surface area contributed by atoms with E-state index in [2.05, 4.69) is 5.10 Å². The summed E-state index contributed by atoms with van der Waals surface area (Å²) in [4.78, 5) is 23.5. The smallest absolute Gasteiger partial charge is 0.339 e. The number of anilines is 1. The fourth-order valence-corrected chi connectivity index (χ4v) is 6.36. The first-order valence-corrected chi connectivity index (χ1v) is 12.6. The molecule has 0 spiro atoms. The normalized spacial score (nSPS) is 13.6. The number of aromatic carboxylic acids is 1. The molecule has 1 saturated carbocycles. The first-order valence-electron chi connectivity index (χ1n) is 11.2. The molecule has 2 aromatic carbocycles. The lowest BCUT2D eigenvalue weighted by atomic mass is 10.0. The first kappa shape index (κ1) is 24.5. The summed E-state index contributed by atoms with van der Waals surface area (Å²) in [6.45, 7) is 6.29. The van der Waals surface area contributed by atoms with Gasteiger partial charge in [0, 0.05) is 5.92 Å². The van der Waals surface area contributed by atoms with E-state index < -0.39 is 28.5 Å². The zero-order valence-electron chi connectivity index (χ0n) is 19.9. The van der Waals surface area contributed by atoms with Crippen LogP contribution in [0.5, 0.6) is 0 Å². The summed E-state index contributed by atoms with van der Waals surface area (Å²) in [6.07, 6.45) is 2.98. The number of aliphatic carboxylic acids is 1. The Morgan fingerprint density at radius 1 is 1.06 bits per heavy atom. The van der Waals surface area contributed by atoms with Gasteiger partial charge >= 0.3 is 11.9 Å². The molecule has 9 nitrogen and oxygen atoms in total. The van der Waals surface area contributed by atoms with Crippen molar-refractivity contribution in [3.8, 4) is 5.69 Å². The summed E-state index contributed by atoms with van der Waals surface area (Å²) in [5, 5.41) is 23.4. The number of carboxylic acid groups (broad SMARTS) is 2. The van der Waals surface area contributed by atoms with Crippen molar-refractivity contribution in [2.75, 3.05) is 10.8 Å². The Bertz CT molecular complexity index is 1430. The fraction of sp³-hybridized carbons (Fsp3) is 0.320. The van der Waals surface area contributed by atoms with Gasteiger partial charge in [0.05, 0.1) is 28.2 Å². The van der Waals surface area contributed by atoms with Crippen molar-refractivity contribution in [3.05, 3.63) is 70.0 Å². The average molecular weight is 498 g/mol. The van der Waals surface area contributed by atoms with Crippen molar-refractivity contribution in [2.24, 2.45) is 0 Å². The highest BCUT2D eigenvalue weighted by Crippen LogP contribution is 2.43. The quantitative estimate of drug-likeness (QED) is 0.482. The summed E-state index contributed by atoms with van der Waals surface area (Å²) in [7, 11) is -4.25. The third-order valence-corrected chi connectivity index (χ3v) is 8.54. The van der Waals surface area contributed by atoms with Gasteiger partial charge in [0.1, 0.15) is 12.1 Å². The SMILES string of the molecule is Cc1cc(C)c(C)c(S(=O)(=O)N(CC(=O)O)c2cccc(-n3ncc(C(=O)O)c3C3CC3)c2)c1C. The predicted molar refractivity (Wildman–Crippen MR) is 130 cm³/mol. The summed E-state index contributed by atoms with van der Waals surface area (Å²) < 4.78 is 30.2. The van der Waals surface area contributed by atoms with Crippen molar-refractivity contribution in [1.82, 2.24) is 9.78 Å². The molecule has 3 aromatic rings. The number of carbonyl (C=O) groups is 2. The Morgan fingerprint density at radius 2 is 1.69 bits per heavy atom. The number of benzene rings is 2. The van der Waals surface area contributed by atoms with Gasteiger partial charge in [-0.2, -0.15) is 5.10 Å². The van der Waals surface area contributed by atoms with Crippen molar-refractivity contribution in [2.45, 2.75) is 51.3 Å². The Balaban J connectivity index is 1.88. The fourth-order valence-electron chi connectivity index (χ4n) is 4.37. The van der Waals surface area contributed by atoms with Gasteiger partial charge in [-0.15, -0.1) is 0 Å². The molecule has 1 aliphatic rings. The Kier molecular flexibility index (Phi) is 6.18. The number of hydrogen-bond donors (Lipinski definition) is 2. The van der Waals surface area contributed by atoms with E-state index in [0.717, 1.165) is 28.3 Å². The number of aromatic nitrogens is 2. The second-order valence-electron chi connectivity index (χ2n) is 8.95. The molecule has 0 aliphatic heterocycles. The van der Waals surface area contributed by atoms with E-state index in [9.17, 15) is 28.2 Å². The summed E-state index contributed by atoms with van der Waals surface area (Å²) in [5.74, 6) is -2.32. The van der Waals surface area contributed by atoms with E-state index in [-0.39, 0.29) is 22.1 Å². The molecule has 0 amide bonds. The van der Waals surface area contributed by atoms with Crippen LogP contribution in [0, 0.1) is 27.7 Å². The number of sulfonamides is 1. The summed E-state index contributed by atoms with van der Waals surface area (Å²) in [6, 6.07) is 8.25. The van der Waals surface area contributed by atoms with E-state index in [1.807, 2.05) is 19.9 Å². The van der Waals surface area contributed by atoms with Gasteiger partial charge in [-0.1, -0.05) is 12.1 Å². The molecular formula is C25H27N3O6S. The Morgan fingerprint density at radius 3 is 2.23 bits per heavy atom. The molecule has 0 bridgehead atoms. The monoisotopic (exact) mass is 497 g/mol. The molecule has 1 aliphatic carbocycles. The van der Waals surface area contributed by atoms with E-state index in [1.165, 1.54) is 23.0 Å². The second kappa shape index (κ2) is 8.84. The molecule has 2 N–H and O–H groups in total. The van der Waals surface area contributed by atoms with Crippen LogP contribution < -0.4 is 4.31 Å². The van der Waals surface area contributed by atoms with E-state index in [4.69, 9.17) is 0 Å². The van der Waals surface area contributed by atoms with Gasteiger partial charge in [0.25, 0.3) is 10.0 Å². The van der Waals surface area contributed by atoms with Crippen LogP contribution in [-0.2, 0) is 14.8 Å². The van der Waals surface area contributed by atoms with Gasteiger partial charge in [-0.05, 0) is 81.0 Å². The lowest BCUT2D eigenvalue weighted by Crippen LogP contribution is -2.36. The topological polar surface area (TPSA) is 130 Å². The highest BCUT2D eigenvalue weighted by atomic mass is 32.2. The summed E-state index contributed by atoms with van der Waals surface area (Å²) in [5.41, 5.74) is 3.98. The van der Waals surface area contributed by atoms with Crippen LogP contribution in [0.4, 0.5) is 5.69 Å². The minimum Gasteiger partial charge on any atom is -0.480 e. The van der Waals surface area contributed by atoms with Crippen LogP contribution in [0.2, 0.25) is 0 Å². The van der Waals surface area contributed by atoms with Crippen LogP contribution >= 0.6 is 0 Å². The minimum atomic E-state index is -4.25. The molecule has 10 heteroatoms. The summed E-state index contributed by atoms with van der Waals surface area (Å²) >= 11 is 0. The van der Waals surface area contributed by atoms with Crippen LogP contribution in [0.25, 0.3) is 5.69 Å². The first-order chi connectivity index (χ1) is 16.4. The zero-order chi connectivity index (χ0) is 25.7. The molecule has 0 atom stereocenters. The Labute approximate surface area is 203 Å². The van der Waals surface area contributed by atoms with Gasteiger partial charge in [0.15, 0.2) is 0 Å². The van der Waals surface area contributed by atoms with Crippen molar-refractivity contribution >= 4 is 27.6 Å². The number of aryl methyl sites for hydroxylation is 2. The molecule has 0 radical (unpaired) electrons. The zero-order valence-corrected chi connectivity index (χ0v) is 20.8. The number of rotatable bonds is 8. The lowest BCUT2D eigenvalue weighted by Gasteiger charge is -2.26. The third-order valence-electron chi connectivity index (χ3n) is 6.49. The standard InChI is InChI=1S/C25H27N3O6S/c1-14-10-15(2)17(4)24(16(14)3)35(33,34)27(13-22(29)30)19-6-5-7-20(11-19)28-23(18-8-9-18)21(12-26-28)25(31)32/h5-7,10-12,18H,8-9,13H2,1-4H3,(H,29,30)(H,31,32). The van der Waals surface area contributed by atoms with Crippen LogP contribution in [0.3, 0.4) is 0 Å². The molecular weight excluding hydrogens is 470 g/mol. The number of nitrogens with zero attached hydrogens (tertiary/aromatic N) is 3. The van der Waals surface area contributed by atoms with E-state index in [0.29, 0.717) is 22.5 Å². The molecule has 0 saturated heterocycles. The molecule has 35 heavy (non-hydrogen) atoms. The number of hydrogen-bond acceptors (Lipinski definition) is 5. The minimum absolute atomic E-state index is 0.0617. The van der Waals surface area contributed by atoms with Gasteiger partial charge in [-0.25, -0.2) is 17.9 Å². The van der Waals surface area contributed by atoms with Crippen LogP contribution in [0.1, 0.15) is 57.1 Å².